The number of nitro benzene ring substituents is 1. The van der Waals surface area contributed by atoms with Gasteiger partial charge in [-0.15, -0.1) is 0 Å². The molecule has 0 unspecified atom stereocenters. The molecule has 0 aliphatic rings. The number of benzene rings is 2. The lowest BCUT2D eigenvalue weighted by Gasteiger charge is -2.07. The number of amides is 1. The minimum absolute atomic E-state index is 0.0124. The van der Waals surface area contributed by atoms with E-state index < -0.39 is 4.92 Å². The van der Waals surface area contributed by atoms with Crippen LogP contribution in [0.4, 0.5) is 5.69 Å². The van der Waals surface area contributed by atoms with Crippen molar-refractivity contribution in [1.29, 1.82) is 0 Å². The highest BCUT2D eigenvalue weighted by Crippen LogP contribution is 2.18. The monoisotopic (exact) mass is 344 g/mol. The standard InChI is InChI=1S/C18H20N2O3S/c1-14-6-2-3-8-16(14)13-24-11-10-19-18(21)12-15-7-4-5-9-17(15)20(22)23/h2-9H,10-13H2,1H3,(H,19,21). The Morgan fingerprint density at radius 2 is 1.79 bits per heavy atom. The first-order chi connectivity index (χ1) is 11.6. The van der Waals surface area contributed by atoms with Crippen LogP contribution in [0, 0.1) is 17.0 Å². The zero-order valence-corrected chi connectivity index (χ0v) is 14.3. The predicted octanol–water partition coefficient (Wildman–Crippen LogP) is 3.50. The van der Waals surface area contributed by atoms with Crippen LogP contribution in [-0.2, 0) is 17.0 Å². The molecule has 0 radical (unpaired) electrons. The van der Waals surface area contributed by atoms with Gasteiger partial charge in [0.1, 0.15) is 0 Å². The van der Waals surface area contributed by atoms with Crippen molar-refractivity contribution >= 4 is 23.4 Å². The molecule has 1 N–H and O–H groups in total. The average molecular weight is 344 g/mol. The molecular weight excluding hydrogens is 324 g/mol. The molecule has 0 aromatic heterocycles. The van der Waals surface area contributed by atoms with Gasteiger partial charge in [-0.05, 0) is 18.1 Å². The van der Waals surface area contributed by atoms with E-state index in [2.05, 4.69) is 24.4 Å². The van der Waals surface area contributed by atoms with Gasteiger partial charge < -0.3 is 5.32 Å². The summed E-state index contributed by atoms with van der Waals surface area (Å²) in [6.45, 7) is 2.64. The van der Waals surface area contributed by atoms with Gasteiger partial charge in [0.15, 0.2) is 0 Å². The second-order valence-corrected chi connectivity index (χ2v) is 6.50. The molecule has 0 spiro atoms. The lowest BCUT2D eigenvalue weighted by Crippen LogP contribution is -2.27. The summed E-state index contributed by atoms with van der Waals surface area (Å²) >= 11 is 1.75. The van der Waals surface area contributed by atoms with Gasteiger partial charge in [0.2, 0.25) is 5.91 Å². The van der Waals surface area contributed by atoms with Gasteiger partial charge in [0, 0.05) is 29.7 Å². The van der Waals surface area contributed by atoms with E-state index in [0.29, 0.717) is 12.1 Å². The minimum atomic E-state index is -0.458. The Bertz CT molecular complexity index is 719. The number of thioether (sulfide) groups is 1. The van der Waals surface area contributed by atoms with Gasteiger partial charge in [0.05, 0.1) is 11.3 Å². The number of nitrogens with one attached hydrogen (secondary N) is 1. The van der Waals surface area contributed by atoms with Crippen molar-refractivity contribution < 1.29 is 9.72 Å². The minimum Gasteiger partial charge on any atom is -0.355 e. The van der Waals surface area contributed by atoms with Crippen LogP contribution in [-0.4, -0.2) is 23.1 Å². The van der Waals surface area contributed by atoms with Crippen LogP contribution < -0.4 is 5.32 Å². The fraction of sp³-hybridized carbons (Fsp3) is 0.278. The zero-order chi connectivity index (χ0) is 17.4. The molecule has 2 rings (SSSR count). The maximum Gasteiger partial charge on any atom is 0.273 e. The summed E-state index contributed by atoms with van der Waals surface area (Å²) in [7, 11) is 0. The van der Waals surface area contributed by atoms with E-state index in [0.717, 1.165) is 11.5 Å². The fourth-order valence-corrected chi connectivity index (χ4v) is 3.23. The van der Waals surface area contributed by atoms with E-state index in [9.17, 15) is 14.9 Å². The number of rotatable bonds is 8. The normalized spacial score (nSPS) is 10.4. The second kappa shape index (κ2) is 9.08. The van der Waals surface area contributed by atoms with Gasteiger partial charge >= 0.3 is 0 Å². The van der Waals surface area contributed by atoms with Crippen LogP contribution in [0.1, 0.15) is 16.7 Å². The third kappa shape index (κ3) is 5.38. The molecule has 24 heavy (non-hydrogen) atoms. The van der Waals surface area contributed by atoms with Crippen LogP contribution >= 0.6 is 11.8 Å². The number of carbonyl (C=O) groups excluding carboxylic acids is 1. The molecule has 0 fully saturated rings. The number of hydrogen-bond donors (Lipinski definition) is 1. The fourth-order valence-electron chi connectivity index (χ4n) is 2.29. The van der Waals surface area contributed by atoms with Crippen molar-refractivity contribution in [2.45, 2.75) is 19.1 Å². The smallest absolute Gasteiger partial charge is 0.273 e. The summed E-state index contributed by atoms with van der Waals surface area (Å²) in [6, 6.07) is 14.6. The van der Waals surface area contributed by atoms with Gasteiger partial charge in [-0.25, -0.2) is 0 Å². The number of nitrogens with zero attached hydrogens (tertiary/aromatic N) is 1. The first-order valence-corrected chi connectivity index (χ1v) is 8.84. The van der Waals surface area contributed by atoms with Crippen LogP contribution in [0.2, 0.25) is 0 Å². The van der Waals surface area contributed by atoms with Crippen molar-refractivity contribution in [2.75, 3.05) is 12.3 Å². The summed E-state index contributed by atoms with van der Waals surface area (Å²) in [6.07, 6.45) is 0.0274. The van der Waals surface area contributed by atoms with E-state index in [4.69, 9.17) is 0 Å². The quantitative estimate of drug-likeness (QED) is 0.452. The Morgan fingerprint density at radius 1 is 1.12 bits per heavy atom. The van der Waals surface area contributed by atoms with Crippen molar-refractivity contribution in [3.8, 4) is 0 Å². The third-order valence-corrected chi connectivity index (χ3v) is 4.63. The molecule has 0 bridgehead atoms. The van der Waals surface area contributed by atoms with Crippen LogP contribution in [0.25, 0.3) is 0 Å². The summed E-state index contributed by atoms with van der Waals surface area (Å²) in [5.74, 6) is 1.52. The van der Waals surface area contributed by atoms with Gasteiger partial charge in [-0.2, -0.15) is 11.8 Å². The molecule has 2 aromatic carbocycles. The topological polar surface area (TPSA) is 72.2 Å². The Morgan fingerprint density at radius 3 is 2.50 bits per heavy atom. The van der Waals surface area contributed by atoms with Gasteiger partial charge in [-0.1, -0.05) is 42.5 Å². The third-order valence-electron chi connectivity index (χ3n) is 3.63. The number of nitro groups is 1. The molecule has 0 saturated heterocycles. The number of hydrogen-bond acceptors (Lipinski definition) is 4. The molecule has 0 heterocycles. The van der Waals surface area contributed by atoms with E-state index in [-0.39, 0.29) is 18.0 Å². The molecule has 2 aromatic rings. The van der Waals surface area contributed by atoms with Crippen LogP contribution in [0.15, 0.2) is 48.5 Å². The van der Waals surface area contributed by atoms with Crippen LogP contribution in [0.5, 0.6) is 0 Å². The van der Waals surface area contributed by atoms with Crippen molar-refractivity contribution in [2.24, 2.45) is 0 Å². The highest BCUT2D eigenvalue weighted by molar-refractivity contribution is 7.98. The lowest BCUT2D eigenvalue weighted by atomic mass is 10.1. The van der Waals surface area contributed by atoms with Crippen molar-refractivity contribution in [3.05, 3.63) is 75.3 Å². The molecule has 0 aliphatic carbocycles. The first-order valence-electron chi connectivity index (χ1n) is 7.69. The summed E-state index contributed by atoms with van der Waals surface area (Å²) in [5.41, 5.74) is 2.99. The van der Waals surface area contributed by atoms with E-state index in [1.807, 2.05) is 12.1 Å². The first kappa shape index (κ1) is 18.0. The zero-order valence-electron chi connectivity index (χ0n) is 13.5. The number of para-hydroxylation sites is 1. The Kier molecular flexibility index (Phi) is 6.81. The molecule has 1 amide bonds. The average Bonchev–Trinajstić information content (AvgIpc) is 2.56. The summed E-state index contributed by atoms with van der Waals surface area (Å²) < 4.78 is 0. The Labute approximate surface area is 145 Å². The Balaban J connectivity index is 1.72. The number of carbonyl (C=O) groups is 1. The maximum atomic E-state index is 11.9. The Hall–Kier alpha value is -2.34. The van der Waals surface area contributed by atoms with E-state index in [1.165, 1.54) is 17.2 Å². The predicted molar refractivity (Wildman–Crippen MR) is 97.2 cm³/mol. The van der Waals surface area contributed by atoms with Gasteiger partial charge in [0.25, 0.3) is 5.69 Å². The lowest BCUT2D eigenvalue weighted by molar-refractivity contribution is -0.385. The van der Waals surface area contributed by atoms with Crippen LogP contribution in [0.3, 0.4) is 0 Å². The number of aryl methyl sites for hydroxylation is 1. The van der Waals surface area contributed by atoms with E-state index >= 15 is 0 Å². The van der Waals surface area contributed by atoms with Crippen molar-refractivity contribution in [1.82, 2.24) is 5.32 Å². The summed E-state index contributed by atoms with van der Waals surface area (Å²) in [4.78, 5) is 22.4. The largest absolute Gasteiger partial charge is 0.355 e. The highest BCUT2D eigenvalue weighted by atomic mass is 32.2. The maximum absolute atomic E-state index is 11.9. The SMILES string of the molecule is Cc1ccccc1CSCCNC(=O)Cc1ccccc1[N+](=O)[O-]. The van der Waals surface area contributed by atoms with Crippen molar-refractivity contribution in [3.63, 3.8) is 0 Å². The molecule has 0 aliphatic heterocycles. The summed E-state index contributed by atoms with van der Waals surface area (Å²) in [5, 5.41) is 13.8. The molecule has 126 valence electrons. The molecule has 5 nitrogen and oxygen atoms in total. The molecular formula is C18H20N2O3S. The molecule has 6 heteroatoms. The van der Waals surface area contributed by atoms with Gasteiger partial charge in [-0.3, -0.25) is 14.9 Å². The second-order valence-electron chi connectivity index (χ2n) is 5.39. The molecule has 0 saturated carbocycles. The molecule has 0 atom stereocenters. The highest BCUT2D eigenvalue weighted by Gasteiger charge is 2.15. The van der Waals surface area contributed by atoms with E-state index in [1.54, 1.807) is 30.0 Å².